The Morgan fingerprint density at radius 3 is 2.61 bits per heavy atom. The van der Waals surface area contributed by atoms with Crippen LogP contribution >= 0.6 is 27.5 Å². The van der Waals surface area contributed by atoms with E-state index < -0.39 is 23.7 Å². The number of aliphatic carboxylic acids is 1. The van der Waals surface area contributed by atoms with E-state index in [1.54, 1.807) is 27.0 Å². The first-order chi connectivity index (χ1) is 15.5. The number of nitrogens with zero attached hydrogens (tertiary/aromatic N) is 3. The molecular weight excluding hydrogens is 510 g/mol. The van der Waals surface area contributed by atoms with Crippen LogP contribution in [0.25, 0.3) is 0 Å². The predicted molar refractivity (Wildman–Crippen MR) is 126 cm³/mol. The topological polar surface area (TPSA) is 85.8 Å². The van der Waals surface area contributed by atoms with Crippen LogP contribution in [0.2, 0.25) is 5.02 Å². The quantitative estimate of drug-likeness (QED) is 0.586. The van der Waals surface area contributed by atoms with Crippen molar-refractivity contribution in [2.75, 3.05) is 19.6 Å². The second-order valence-corrected chi connectivity index (χ2v) is 10.8. The SMILES string of the molecule is CC(C)(C)OC(=O)N1CCN(C2c3ccc(Cl)cc3CCc3cc(Br)cnc32)CC1C(=O)[O-]. The summed E-state index contributed by atoms with van der Waals surface area (Å²) >= 11 is 9.80. The average Bonchev–Trinajstić information content (AvgIpc) is 2.88. The number of pyridine rings is 1. The number of hydrogen-bond donors (Lipinski definition) is 0. The van der Waals surface area contributed by atoms with Gasteiger partial charge in [0.05, 0.1) is 23.7 Å². The molecule has 1 aromatic carbocycles. The number of ether oxygens (including phenoxy) is 1. The van der Waals surface area contributed by atoms with Crippen LogP contribution in [-0.2, 0) is 22.4 Å². The number of aryl methyl sites for hydroxylation is 2. The molecule has 1 aromatic heterocycles. The number of carbonyl (C=O) groups is 2. The van der Waals surface area contributed by atoms with Crippen molar-refractivity contribution in [3.63, 3.8) is 0 Å². The molecule has 0 saturated carbocycles. The molecule has 1 fully saturated rings. The standard InChI is InChI=1S/C24H27BrClN3O4/c1-24(2,3)33-23(32)29-9-8-28(13-19(29)22(30)31)21-18-7-6-17(26)11-14(18)4-5-15-10-16(25)12-27-20(15)21/h6-7,10-12,19,21H,4-5,8-9,13H2,1-3H3,(H,30,31)/p-1. The lowest BCUT2D eigenvalue weighted by Gasteiger charge is -2.45. The number of benzene rings is 1. The molecule has 1 amide bonds. The Labute approximate surface area is 206 Å². The van der Waals surface area contributed by atoms with E-state index in [2.05, 4.69) is 26.9 Å². The molecule has 33 heavy (non-hydrogen) atoms. The summed E-state index contributed by atoms with van der Waals surface area (Å²) in [6.45, 7) is 6.04. The van der Waals surface area contributed by atoms with E-state index in [9.17, 15) is 14.7 Å². The maximum absolute atomic E-state index is 12.7. The Morgan fingerprint density at radius 2 is 1.91 bits per heavy atom. The van der Waals surface area contributed by atoms with Crippen molar-refractivity contribution in [2.45, 2.75) is 51.3 Å². The lowest BCUT2D eigenvalue weighted by molar-refractivity contribution is -0.312. The van der Waals surface area contributed by atoms with E-state index >= 15 is 0 Å². The van der Waals surface area contributed by atoms with Crippen molar-refractivity contribution in [1.29, 1.82) is 0 Å². The van der Waals surface area contributed by atoms with Gasteiger partial charge >= 0.3 is 6.09 Å². The number of aromatic nitrogens is 1. The number of hydrogen-bond acceptors (Lipinski definition) is 6. The molecule has 4 rings (SSSR count). The Morgan fingerprint density at radius 1 is 1.18 bits per heavy atom. The summed E-state index contributed by atoms with van der Waals surface area (Å²) < 4.78 is 6.34. The number of fused-ring (bicyclic) bond motifs is 2. The summed E-state index contributed by atoms with van der Waals surface area (Å²) in [6.07, 6.45) is 2.72. The first-order valence-corrected chi connectivity index (χ1v) is 12.1. The van der Waals surface area contributed by atoms with E-state index in [0.29, 0.717) is 11.6 Å². The van der Waals surface area contributed by atoms with Crippen LogP contribution in [0.1, 0.15) is 49.2 Å². The zero-order chi connectivity index (χ0) is 23.9. The molecule has 2 atom stereocenters. The number of carboxylic acid groups (broad SMARTS) is 1. The van der Waals surface area contributed by atoms with E-state index in [-0.39, 0.29) is 19.1 Å². The maximum atomic E-state index is 12.7. The third kappa shape index (κ3) is 5.18. The van der Waals surface area contributed by atoms with E-state index in [1.165, 1.54) is 4.90 Å². The first-order valence-electron chi connectivity index (χ1n) is 10.9. The van der Waals surface area contributed by atoms with Gasteiger partial charge in [0.25, 0.3) is 0 Å². The minimum Gasteiger partial charge on any atom is -0.548 e. The molecule has 176 valence electrons. The summed E-state index contributed by atoms with van der Waals surface area (Å²) in [7, 11) is 0. The molecule has 7 nitrogen and oxygen atoms in total. The highest BCUT2D eigenvalue weighted by Gasteiger charge is 2.39. The third-order valence-corrected chi connectivity index (χ3v) is 6.64. The summed E-state index contributed by atoms with van der Waals surface area (Å²) in [5.41, 5.74) is 3.43. The van der Waals surface area contributed by atoms with Crippen molar-refractivity contribution in [3.05, 3.63) is 62.3 Å². The van der Waals surface area contributed by atoms with Crippen LogP contribution in [0.3, 0.4) is 0 Å². The largest absolute Gasteiger partial charge is 0.548 e. The summed E-state index contributed by atoms with van der Waals surface area (Å²) in [5, 5.41) is 12.7. The smallest absolute Gasteiger partial charge is 0.410 e. The normalized spacial score (nSPS) is 21.1. The zero-order valence-electron chi connectivity index (χ0n) is 18.8. The van der Waals surface area contributed by atoms with Gasteiger partial charge in [0.1, 0.15) is 5.60 Å². The Hall–Kier alpha value is -2.16. The highest BCUT2D eigenvalue weighted by molar-refractivity contribution is 9.10. The van der Waals surface area contributed by atoms with Crippen molar-refractivity contribution >= 4 is 39.6 Å². The van der Waals surface area contributed by atoms with E-state index in [1.807, 2.05) is 18.2 Å². The fraction of sp³-hybridized carbons (Fsp3) is 0.458. The van der Waals surface area contributed by atoms with E-state index in [0.717, 1.165) is 39.7 Å². The summed E-state index contributed by atoms with van der Waals surface area (Å²) in [6, 6.07) is 6.49. The van der Waals surface area contributed by atoms with Crippen LogP contribution in [0, 0.1) is 0 Å². The molecule has 2 heterocycles. The van der Waals surface area contributed by atoms with Crippen LogP contribution < -0.4 is 5.11 Å². The monoisotopic (exact) mass is 534 g/mol. The number of carboxylic acids is 1. The highest BCUT2D eigenvalue weighted by Crippen LogP contribution is 2.38. The second-order valence-electron chi connectivity index (χ2n) is 9.45. The van der Waals surface area contributed by atoms with Gasteiger partial charge in [-0.2, -0.15) is 0 Å². The molecular formula is C24H26BrClN3O4-. The molecule has 1 aliphatic carbocycles. The number of halogens is 2. The predicted octanol–water partition coefficient (Wildman–Crippen LogP) is 3.36. The molecule has 1 saturated heterocycles. The Bertz CT molecular complexity index is 1030. The number of piperazine rings is 1. The van der Waals surface area contributed by atoms with Gasteiger partial charge in [-0.3, -0.25) is 14.8 Å². The van der Waals surface area contributed by atoms with Crippen molar-refractivity contribution in [3.8, 4) is 0 Å². The van der Waals surface area contributed by atoms with Gasteiger partial charge in [0, 0.05) is 35.3 Å². The average molecular weight is 536 g/mol. The van der Waals surface area contributed by atoms with Crippen molar-refractivity contribution in [2.24, 2.45) is 0 Å². The molecule has 2 aliphatic rings. The van der Waals surface area contributed by atoms with Gasteiger partial charge in [0.15, 0.2) is 0 Å². The van der Waals surface area contributed by atoms with Crippen LogP contribution in [0.5, 0.6) is 0 Å². The van der Waals surface area contributed by atoms with Gasteiger partial charge in [0.2, 0.25) is 0 Å². The molecule has 0 radical (unpaired) electrons. The van der Waals surface area contributed by atoms with Crippen LogP contribution in [0.15, 0.2) is 34.9 Å². The Kier molecular flexibility index (Phi) is 6.71. The van der Waals surface area contributed by atoms with Gasteiger partial charge in [-0.25, -0.2) is 4.79 Å². The molecule has 0 N–H and O–H groups in total. The fourth-order valence-electron chi connectivity index (χ4n) is 4.56. The molecule has 9 heteroatoms. The van der Waals surface area contributed by atoms with Gasteiger partial charge in [-0.1, -0.05) is 17.7 Å². The minimum absolute atomic E-state index is 0.103. The van der Waals surface area contributed by atoms with Gasteiger partial charge < -0.3 is 14.6 Å². The first kappa shape index (κ1) is 24.0. The lowest BCUT2D eigenvalue weighted by Crippen LogP contribution is -2.62. The maximum Gasteiger partial charge on any atom is 0.410 e. The third-order valence-electron chi connectivity index (χ3n) is 5.97. The zero-order valence-corrected chi connectivity index (χ0v) is 21.1. The highest BCUT2D eigenvalue weighted by atomic mass is 79.9. The summed E-state index contributed by atoms with van der Waals surface area (Å²) in [4.78, 5) is 32.8. The minimum atomic E-state index is -1.31. The molecule has 0 spiro atoms. The molecule has 2 aromatic rings. The molecule has 1 aliphatic heterocycles. The van der Waals surface area contributed by atoms with Gasteiger partial charge in [-0.05, 0) is 84.4 Å². The van der Waals surface area contributed by atoms with Crippen LogP contribution in [0.4, 0.5) is 4.79 Å². The molecule has 2 unspecified atom stereocenters. The number of carbonyl (C=O) groups excluding carboxylic acids is 2. The van der Waals surface area contributed by atoms with Crippen LogP contribution in [-0.4, -0.2) is 58.1 Å². The lowest BCUT2D eigenvalue weighted by atomic mass is 9.95. The number of rotatable bonds is 2. The fourth-order valence-corrected chi connectivity index (χ4v) is 5.13. The van der Waals surface area contributed by atoms with Gasteiger partial charge in [-0.15, -0.1) is 0 Å². The van der Waals surface area contributed by atoms with E-state index in [4.69, 9.17) is 21.3 Å². The van der Waals surface area contributed by atoms with Crippen molar-refractivity contribution in [1.82, 2.24) is 14.8 Å². The second kappa shape index (κ2) is 9.24. The van der Waals surface area contributed by atoms with Crippen molar-refractivity contribution < 1.29 is 19.4 Å². The molecule has 0 bridgehead atoms. The number of amides is 1. The summed E-state index contributed by atoms with van der Waals surface area (Å²) in [5.74, 6) is -1.31. The Balaban J connectivity index is 1.71.